The fourth-order valence-corrected chi connectivity index (χ4v) is 4.00. The topological polar surface area (TPSA) is 61.7 Å². The van der Waals surface area contributed by atoms with Crippen LogP contribution in [0.1, 0.15) is 25.0 Å². The van der Waals surface area contributed by atoms with Gasteiger partial charge in [0.05, 0.1) is 18.7 Å². The Morgan fingerprint density at radius 1 is 0.800 bits per heavy atom. The Labute approximate surface area is 206 Å². The van der Waals surface area contributed by atoms with Gasteiger partial charge in [-0.05, 0) is 61.7 Å². The van der Waals surface area contributed by atoms with Gasteiger partial charge in [-0.3, -0.25) is 4.79 Å². The van der Waals surface area contributed by atoms with E-state index in [9.17, 15) is 4.79 Å². The van der Waals surface area contributed by atoms with E-state index in [1.165, 1.54) is 0 Å². The normalized spacial score (nSPS) is 10.8. The lowest BCUT2D eigenvalue weighted by molar-refractivity contribution is -0.121. The van der Waals surface area contributed by atoms with Crippen molar-refractivity contribution >= 4 is 16.8 Å². The number of hydrogen-bond donors (Lipinski definition) is 1. The first kappa shape index (κ1) is 24.2. The van der Waals surface area contributed by atoms with Gasteiger partial charge in [0.1, 0.15) is 18.9 Å². The molecule has 0 radical (unpaired) electrons. The Bertz CT molecular complexity index is 1250. The molecule has 182 valence electrons. The molecule has 0 fully saturated rings. The van der Waals surface area contributed by atoms with Crippen LogP contribution in [0.15, 0.2) is 79.0 Å². The summed E-state index contributed by atoms with van der Waals surface area (Å²) >= 11 is 0. The average Bonchev–Trinajstić information content (AvgIpc) is 3.28. The number of nitrogens with zero attached hydrogens (tertiary/aromatic N) is 1. The largest absolute Gasteiger partial charge is 0.490 e. The van der Waals surface area contributed by atoms with Crippen molar-refractivity contribution in [1.82, 2.24) is 9.88 Å². The zero-order valence-electron chi connectivity index (χ0n) is 20.3. The third-order valence-corrected chi connectivity index (χ3v) is 5.67. The molecule has 0 saturated carbocycles. The molecule has 0 atom stereocenters. The van der Waals surface area contributed by atoms with Crippen LogP contribution in [0.25, 0.3) is 10.9 Å². The zero-order valence-corrected chi connectivity index (χ0v) is 20.3. The van der Waals surface area contributed by atoms with Gasteiger partial charge >= 0.3 is 0 Å². The van der Waals surface area contributed by atoms with Gasteiger partial charge in [-0.1, -0.05) is 42.5 Å². The fraction of sp³-hybridized carbons (Fsp3) is 0.276. The van der Waals surface area contributed by atoms with E-state index in [0.29, 0.717) is 32.8 Å². The van der Waals surface area contributed by atoms with Gasteiger partial charge in [-0.15, -0.1) is 0 Å². The predicted molar refractivity (Wildman–Crippen MR) is 138 cm³/mol. The van der Waals surface area contributed by atoms with Crippen LogP contribution >= 0.6 is 0 Å². The molecule has 1 heterocycles. The first-order chi connectivity index (χ1) is 17.2. The van der Waals surface area contributed by atoms with E-state index in [2.05, 4.69) is 5.32 Å². The highest BCUT2D eigenvalue weighted by molar-refractivity contribution is 5.88. The summed E-state index contributed by atoms with van der Waals surface area (Å²) in [5.74, 6) is 2.26. The second kappa shape index (κ2) is 12.0. The number of amides is 1. The predicted octanol–water partition coefficient (Wildman–Crippen LogP) is 5.38. The van der Waals surface area contributed by atoms with Crippen LogP contribution in [-0.2, 0) is 24.4 Å². The van der Waals surface area contributed by atoms with Crippen LogP contribution < -0.4 is 19.5 Å². The molecule has 4 rings (SSSR count). The molecule has 0 spiro atoms. The number of carbonyl (C=O) groups excluding carboxylic acids is 1. The Kier molecular flexibility index (Phi) is 8.28. The summed E-state index contributed by atoms with van der Waals surface area (Å²) in [5.41, 5.74) is 3.17. The molecule has 1 aromatic heterocycles. The molecule has 0 saturated heterocycles. The second-order valence-electron chi connectivity index (χ2n) is 8.15. The number of benzene rings is 3. The molecule has 1 N–H and O–H groups in total. The van der Waals surface area contributed by atoms with Crippen LogP contribution in [0.3, 0.4) is 0 Å². The lowest BCUT2D eigenvalue weighted by atomic mass is 10.1. The van der Waals surface area contributed by atoms with Gasteiger partial charge in [0.2, 0.25) is 5.91 Å². The molecule has 3 aromatic carbocycles. The number of hydrogen-bond acceptors (Lipinski definition) is 4. The SMILES string of the molecule is CCOc1ccc(CCNC(=O)Cn2ccc3c(OCc4ccccc4)cccc32)cc1OCC. The van der Waals surface area contributed by atoms with E-state index in [0.717, 1.165) is 39.3 Å². The number of rotatable bonds is 12. The number of aromatic nitrogens is 1. The smallest absolute Gasteiger partial charge is 0.239 e. The van der Waals surface area contributed by atoms with Crippen LogP contribution in [0.5, 0.6) is 17.2 Å². The summed E-state index contributed by atoms with van der Waals surface area (Å²) in [6, 6.07) is 23.9. The van der Waals surface area contributed by atoms with Crippen molar-refractivity contribution in [3.05, 3.63) is 90.1 Å². The summed E-state index contributed by atoms with van der Waals surface area (Å²) in [4.78, 5) is 12.6. The van der Waals surface area contributed by atoms with Crippen molar-refractivity contribution in [1.29, 1.82) is 0 Å². The van der Waals surface area contributed by atoms with Crippen molar-refractivity contribution < 1.29 is 19.0 Å². The van der Waals surface area contributed by atoms with E-state index in [-0.39, 0.29) is 12.5 Å². The lowest BCUT2D eigenvalue weighted by Gasteiger charge is -2.13. The highest BCUT2D eigenvalue weighted by Crippen LogP contribution is 2.29. The van der Waals surface area contributed by atoms with Crippen LogP contribution in [0.2, 0.25) is 0 Å². The first-order valence-electron chi connectivity index (χ1n) is 12.1. The average molecular weight is 473 g/mol. The third-order valence-electron chi connectivity index (χ3n) is 5.67. The van der Waals surface area contributed by atoms with E-state index < -0.39 is 0 Å². The maximum absolute atomic E-state index is 12.6. The van der Waals surface area contributed by atoms with Gasteiger partial charge in [-0.25, -0.2) is 0 Å². The number of ether oxygens (including phenoxy) is 3. The molecule has 0 unspecified atom stereocenters. The van der Waals surface area contributed by atoms with E-state index in [1.54, 1.807) is 0 Å². The summed E-state index contributed by atoms with van der Waals surface area (Å²) in [6.45, 7) is 6.36. The van der Waals surface area contributed by atoms with Crippen molar-refractivity contribution in [2.24, 2.45) is 0 Å². The Morgan fingerprint density at radius 2 is 1.60 bits per heavy atom. The maximum Gasteiger partial charge on any atom is 0.239 e. The van der Waals surface area contributed by atoms with Gasteiger partial charge in [-0.2, -0.15) is 0 Å². The van der Waals surface area contributed by atoms with E-state index in [4.69, 9.17) is 14.2 Å². The molecule has 35 heavy (non-hydrogen) atoms. The zero-order chi connectivity index (χ0) is 24.5. The molecule has 6 heteroatoms. The van der Waals surface area contributed by atoms with Gasteiger partial charge in [0, 0.05) is 18.1 Å². The van der Waals surface area contributed by atoms with Crippen molar-refractivity contribution in [2.75, 3.05) is 19.8 Å². The summed E-state index contributed by atoms with van der Waals surface area (Å²) < 4.78 is 19.3. The molecular weight excluding hydrogens is 440 g/mol. The minimum atomic E-state index is -0.0333. The van der Waals surface area contributed by atoms with Crippen molar-refractivity contribution in [2.45, 2.75) is 33.4 Å². The highest BCUT2D eigenvalue weighted by Gasteiger charge is 2.11. The third kappa shape index (κ3) is 6.35. The van der Waals surface area contributed by atoms with Crippen LogP contribution in [-0.4, -0.2) is 30.2 Å². The minimum Gasteiger partial charge on any atom is -0.490 e. The molecule has 0 aliphatic rings. The Hall–Kier alpha value is -3.93. The number of carbonyl (C=O) groups is 1. The fourth-order valence-electron chi connectivity index (χ4n) is 4.00. The van der Waals surface area contributed by atoms with E-state index in [1.807, 2.05) is 97.4 Å². The van der Waals surface area contributed by atoms with Crippen molar-refractivity contribution in [3.8, 4) is 17.2 Å². The molecular formula is C29H32N2O4. The maximum atomic E-state index is 12.6. The first-order valence-corrected chi connectivity index (χ1v) is 12.1. The van der Waals surface area contributed by atoms with Gasteiger partial charge < -0.3 is 24.1 Å². The number of fused-ring (bicyclic) bond motifs is 1. The highest BCUT2D eigenvalue weighted by atomic mass is 16.5. The van der Waals surface area contributed by atoms with Crippen molar-refractivity contribution in [3.63, 3.8) is 0 Å². The van der Waals surface area contributed by atoms with E-state index >= 15 is 0 Å². The summed E-state index contributed by atoms with van der Waals surface area (Å²) in [6.07, 6.45) is 2.64. The van der Waals surface area contributed by atoms with Crippen LogP contribution in [0.4, 0.5) is 0 Å². The van der Waals surface area contributed by atoms with Crippen LogP contribution in [0, 0.1) is 0 Å². The lowest BCUT2D eigenvalue weighted by Crippen LogP contribution is -2.29. The van der Waals surface area contributed by atoms with Gasteiger partial charge in [0.25, 0.3) is 0 Å². The Balaban J connectivity index is 1.33. The molecule has 4 aromatic rings. The van der Waals surface area contributed by atoms with Gasteiger partial charge in [0.15, 0.2) is 11.5 Å². The monoisotopic (exact) mass is 472 g/mol. The molecule has 0 bridgehead atoms. The molecule has 0 aliphatic carbocycles. The molecule has 1 amide bonds. The molecule has 0 aliphatic heterocycles. The molecule has 6 nitrogen and oxygen atoms in total. The Morgan fingerprint density at radius 3 is 2.40 bits per heavy atom. The standard InChI is InChI=1S/C29H32N2O4/c1-3-33-27-14-13-22(19-28(27)34-4-2)15-17-30-29(32)20-31-18-16-24-25(31)11-8-12-26(24)35-21-23-9-6-5-7-10-23/h5-14,16,18-19H,3-4,15,17,20-21H2,1-2H3,(H,30,32). The summed E-state index contributed by atoms with van der Waals surface area (Å²) in [5, 5.41) is 4.02. The minimum absolute atomic E-state index is 0.0333. The second-order valence-corrected chi connectivity index (χ2v) is 8.15. The summed E-state index contributed by atoms with van der Waals surface area (Å²) in [7, 11) is 0. The number of nitrogens with one attached hydrogen (secondary N) is 1. The quantitative estimate of drug-likeness (QED) is 0.301.